The van der Waals surface area contributed by atoms with Crippen molar-refractivity contribution in [2.24, 2.45) is 0 Å². The first-order valence-electron chi connectivity index (χ1n) is 4.60. The first kappa shape index (κ1) is 12.5. The summed E-state index contributed by atoms with van der Waals surface area (Å²) in [6.07, 6.45) is 0.804. The van der Waals surface area contributed by atoms with Gasteiger partial charge in [-0.05, 0) is 12.8 Å². The molecule has 0 aromatic rings. The average molecular weight is 240 g/mol. The molecule has 6 heteroatoms. The van der Waals surface area contributed by atoms with E-state index in [9.17, 15) is 4.57 Å². The fraction of sp³-hybridized carbons (Fsp3) is 1.00. The molecule has 14 heavy (non-hydrogen) atoms. The van der Waals surface area contributed by atoms with Gasteiger partial charge >= 0.3 is 0 Å². The zero-order chi connectivity index (χ0) is 10.8. The van der Waals surface area contributed by atoms with Crippen molar-refractivity contribution in [1.29, 1.82) is 0 Å². The summed E-state index contributed by atoms with van der Waals surface area (Å²) in [5, 5.41) is 9.05. The van der Waals surface area contributed by atoms with E-state index in [2.05, 4.69) is 12.6 Å². The third kappa shape index (κ3) is 3.91. The van der Waals surface area contributed by atoms with Crippen LogP contribution < -0.4 is 0 Å². The highest BCUT2D eigenvalue weighted by Gasteiger charge is 2.32. The normalized spacial score (nSPS) is 34.4. The SMILES string of the molecule is CP(C)(=O)OC1CCC(S)OC1CO. The van der Waals surface area contributed by atoms with Gasteiger partial charge in [0, 0.05) is 13.3 Å². The van der Waals surface area contributed by atoms with Crippen molar-refractivity contribution in [3.8, 4) is 0 Å². The van der Waals surface area contributed by atoms with Crippen molar-refractivity contribution in [1.82, 2.24) is 0 Å². The summed E-state index contributed by atoms with van der Waals surface area (Å²) in [4.78, 5) is 0. The number of hydrogen-bond acceptors (Lipinski definition) is 5. The van der Waals surface area contributed by atoms with Gasteiger partial charge in [0.1, 0.15) is 11.5 Å². The molecule has 0 aromatic heterocycles. The highest BCUT2D eigenvalue weighted by molar-refractivity contribution is 7.80. The lowest BCUT2D eigenvalue weighted by Gasteiger charge is -2.34. The summed E-state index contributed by atoms with van der Waals surface area (Å²) in [7, 11) is -2.52. The van der Waals surface area contributed by atoms with Gasteiger partial charge in [0.15, 0.2) is 7.37 Å². The topological polar surface area (TPSA) is 55.8 Å². The Morgan fingerprint density at radius 2 is 2.21 bits per heavy atom. The number of hydrogen-bond donors (Lipinski definition) is 2. The molecule has 3 atom stereocenters. The molecule has 0 aromatic carbocycles. The molecule has 84 valence electrons. The van der Waals surface area contributed by atoms with Crippen LogP contribution in [0.2, 0.25) is 0 Å². The van der Waals surface area contributed by atoms with Crippen LogP contribution in [0.3, 0.4) is 0 Å². The molecule has 1 rings (SSSR count). The maximum Gasteiger partial charge on any atom is 0.197 e. The van der Waals surface area contributed by atoms with Crippen LogP contribution in [0, 0.1) is 0 Å². The van der Waals surface area contributed by atoms with Crippen LogP contribution in [0.4, 0.5) is 0 Å². The molecule has 0 spiro atoms. The molecule has 4 nitrogen and oxygen atoms in total. The Labute approximate surface area is 89.8 Å². The molecule has 1 fully saturated rings. The van der Waals surface area contributed by atoms with Crippen LogP contribution in [0.1, 0.15) is 12.8 Å². The van der Waals surface area contributed by atoms with Crippen molar-refractivity contribution in [3.63, 3.8) is 0 Å². The van der Waals surface area contributed by atoms with Gasteiger partial charge in [-0.15, -0.1) is 12.6 Å². The highest BCUT2D eigenvalue weighted by Crippen LogP contribution is 2.42. The van der Waals surface area contributed by atoms with E-state index in [1.807, 2.05) is 0 Å². The highest BCUT2D eigenvalue weighted by atomic mass is 32.1. The van der Waals surface area contributed by atoms with Gasteiger partial charge < -0.3 is 14.4 Å². The Kier molecular flexibility index (Phi) is 4.47. The Bertz CT molecular complexity index is 229. The van der Waals surface area contributed by atoms with Gasteiger partial charge in [-0.1, -0.05) is 0 Å². The number of ether oxygens (including phenoxy) is 1. The van der Waals surface area contributed by atoms with Crippen LogP contribution in [0.15, 0.2) is 0 Å². The van der Waals surface area contributed by atoms with Gasteiger partial charge in [0.25, 0.3) is 0 Å². The monoisotopic (exact) mass is 240 g/mol. The lowest BCUT2D eigenvalue weighted by Crippen LogP contribution is -2.40. The van der Waals surface area contributed by atoms with Gasteiger partial charge in [0.2, 0.25) is 0 Å². The van der Waals surface area contributed by atoms with E-state index >= 15 is 0 Å². The van der Waals surface area contributed by atoms with E-state index < -0.39 is 13.5 Å². The van der Waals surface area contributed by atoms with Gasteiger partial charge in [-0.2, -0.15) is 0 Å². The second-order valence-corrected chi connectivity index (χ2v) is 7.08. The van der Waals surface area contributed by atoms with Crippen LogP contribution in [-0.2, 0) is 13.8 Å². The zero-order valence-electron chi connectivity index (χ0n) is 8.42. The quantitative estimate of drug-likeness (QED) is 0.577. The minimum absolute atomic E-state index is 0.123. The molecule has 1 saturated heterocycles. The first-order valence-corrected chi connectivity index (χ1v) is 7.63. The standard InChI is InChI=1S/C8H17O4PS/c1-13(2,10)12-6-3-4-8(14)11-7(6)5-9/h6-9,14H,3-5H2,1-2H3. The van der Waals surface area contributed by atoms with Crippen LogP contribution in [-0.4, -0.2) is 42.7 Å². The van der Waals surface area contributed by atoms with Crippen molar-refractivity contribution < 1.29 is 18.9 Å². The third-order valence-corrected chi connectivity index (χ3v) is 3.17. The molecule has 1 N–H and O–H groups in total. The number of rotatable bonds is 3. The van der Waals surface area contributed by atoms with Gasteiger partial charge in [-0.25, -0.2) is 0 Å². The van der Waals surface area contributed by atoms with Crippen molar-refractivity contribution >= 4 is 20.0 Å². The summed E-state index contributed by atoms with van der Waals surface area (Å²) in [5.41, 5.74) is -0.153. The minimum atomic E-state index is -2.52. The average Bonchev–Trinajstić information content (AvgIpc) is 2.06. The second-order valence-electron chi connectivity index (χ2n) is 3.79. The minimum Gasteiger partial charge on any atom is -0.394 e. The summed E-state index contributed by atoms with van der Waals surface area (Å²) in [5.74, 6) is 0. The van der Waals surface area contributed by atoms with E-state index in [1.54, 1.807) is 13.3 Å². The Morgan fingerprint density at radius 3 is 2.71 bits per heavy atom. The predicted molar refractivity (Wildman–Crippen MR) is 58.3 cm³/mol. The summed E-state index contributed by atoms with van der Waals surface area (Å²) in [6, 6.07) is 0. The Hall–Kier alpha value is 0.460. The fourth-order valence-corrected chi connectivity index (χ4v) is 2.66. The molecule has 0 bridgehead atoms. The van der Waals surface area contributed by atoms with Crippen LogP contribution in [0.25, 0.3) is 0 Å². The fourth-order valence-electron chi connectivity index (χ4n) is 1.46. The van der Waals surface area contributed by atoms with E-state index in [-0.39, 0.29) is 18.1 Å². The molecule has 0 aliphatic carbocycles. The first-order chi connectivity index (χ1) is 6.42. The smallest absolute Gasteiger partial charge is 0.197 e. The lowest BCUT2D eigenvalue weighted by molar-refractivity contribution is -0.0949. The summed E-state index contributed by atoms with van der Waals surface area (Å²) < 4.78 is 22.2. The molecular weight excluding hydrogens is 223 g/mol. The molecule has 0 saturated carbocycles. The summed E-state index contributed by atoms with van der Waals surface area (Å²) in [6.45, 7) is 3.00. The number of aliphatic hydroxyl groups is 1. The lowest BCUT2D eigenvalue weighted by atomic mass is 10.1. The molecule has 0 amide bonds. The van der Waals surface area contributed by atoms with Crippen LogP contribution >= 0.6 is 20.0 Å². The molecule has 1 heterocycles. The van der Waals surface area contributed by atoms with Crippen molar-refractivity contribution in [2.45, 2.75) is 30.5 Å². The van der Waals surface area contributed by atoms with E-state index in [4.69, 9.17) is 14.4 Å². The number of aliphatic hydroxyl groups excluding tert-OH is 1. The Balaban J connectivity index is 2.55. The van der Waals surface area contributed by atoms with E-state index in [0.717, 1.165) is 12.8 Å². The van der Waals surface area contributed by atoms with Crippen molar-refractivity contribution in [2.75, 3.05) is 19.9 Å². The van der Waals surface area contributed by atoms with Crippen molar-refractivity contribution in [3.05, 3.63) is 0 Å². The van der Waals surface area contributed by atoms with Crippen LogP contribution in [0.5, 0.6) is 0 Å². The zero-order valence-corrected chi connectivity index (χ0v) is 10.2. The number of thiol groups is 1. The predicted octanol–water partition coefficient (Wildman–Crippen LogP) is 1.34. The van der Waals surface area contributed by atoms with Gasteiger partial charge in [-0.3, -0.25) is 4.57 Å². The maximum atomic E-state index is 11.4. The molecule has 3 unspecified atom stereocenters. The van der Waals surface area contributed by atoms with E-state index in [0.29, 0.717) is 0 Å². The van der Waals surface area contributed by atoms with Gasteiger partial charge in [0.05, 0.1) is 12.7 Å². The molecule has 1 aliphatic heterocycles. The molecule has 0 radical (unpaired) electrons. The molecular formula is C8H17O4PS. The largest absolute Gasteiger partial charge is 0.394 e. The Morgan fingerprint density at radius 1 is 1.57 bits per heavy atom. The summed E-state index contributed by atoms with van der Waals surface area (Å²) >= 11 is 4.17. The molecule has 1 aliphatic rings. The third-order valence-electron chi connectivity index (χ3n) is 2.01. The van der Waals surface area contributed by atoms with E-state index in [1.165, 1.54) is 0 Å². The second kappa shape index (κ2) is 4.99. The maximum absolute atomic E-state index is 11.4.